The average molecular weight is 362 g/mol. The van der Waals surface area contributed by atoms with Crippen molar-refractivity contribution in [2.75, 3.05) is 29.6 Å². The quantitative estimate of drug-likeness (QED) is 0.551. The molecule has 1 atom stereocenters. The van der Waals surface area contributed by atoms with E-state index < -0.39 is 11.9 Å². The van der Waals surface area contributed by atoms with E-state index >= 15 is 0 Å². The number of nitrogens with one attached hydrogen (secondary N) is 2. The number of hydrogen-bond donors (Lipinski definition) is 3. The molecule has 2 aromatic rings. The first kappa shape index (κ1) is 17.2. The van der Waals surface area contributed by atoms with Crippen LogP contribution in [-0.2, 0) is 9.53 Å². The second-order valence-corrected chi connectivity index (χ2v) is 6.59. The molecule has 2 heterocycles. The molecule has 1 saturated heterocycles. The van der Waals surface area contributed by atoms with Crippen LogP contribution in [0.5, 0.6) is 5.75 Å². The second-order valence-electron chi connectivity index (χ2n) is 5.53. The van der Waals surface area contributed by atoms with Gasteiger partial charge in [-0.3, -0.25) is 14.9 Å². The van der Waals surface area contributed by atoms with Gasteiger partial charge in [0.1, 0.15) is 10.8 Å². The van der Waals surface area contributed by atoms with Crippen LogP contribution in [0.3, 0.4) is 0 Å². The molecule has 9 heteroatoms. The number of carbonyl (C=O) groups excluding carboxylic acids is 2. The van der Waals surface area contributed by atoms with Crippen molar-refractivity contribution in [1.82, 2.24) is 4.98 Å². The summed E-state index contributed by atoms with van der Waals surface area (Å²) in [7, 11) is 0. The molecule has 1 amide bonds. The van der Waals surface area contributed by atoms with Crippen molar-refractivity contribution in [1.29, 1.82) is 0 Å². The average Bonchev–Trinajstić information content (AvgIpc) is 3.19. The lowest BCUT2D eigenvalue weighted by atomic mass is 10.1. The van der Waals surface area contributed by atoms with Crippen LogP contribution < -0.4 is 21.1 Å². The van der Waals surface area contributed by atoms with Crippen LogP contribution in [0.2, 0.25) is 0 Å². The van der Waals surface area contributed by atoms with Gasteiger partial charge in [-0.05, 0) is 18.6 Å². The highest BCUT2D eigenvalue weighted by atomic mass is 32.1. The molecule has 1 aliphatic rings. The lowest BCUT2D eigenvalue weighted by molar-refractivity contribution is -0.131. The predicted molar refractivity (Wildman–Crippen MR) is 95.1 cm³/mol. The van der Waals surface area contributed by atoms with Crippen LogP contribution in [0.25, 0.3) is 0 Å². The number of amides is 1. The number of rotatable bonds is 5. The molecule has 0 saturated carbocycles. The summed E-state index contributed by atoms with van der Waals surface area (Å²) in [5.41, 5.74) is 6.59. The fraction of sp³-hybridized carbons (Fsp3) is 0.312. The zero-order valence-electron chi connectivity index (χ0n) is 13.6. The number of carbonyl (C=O) groups is 2. The molecule has 3 rings (SSSR count). The van der Waals surface area contributed by atoms with Crippen molar-refractivity contribution in [2.45, 2.75) is 19.4 Å². The van der Waals surface area contributed by atoms with Crippen LogP contribution in [0, 0.1) is 0 Å². The lowest BCUT2D eigenvalue weighted by Crippen LogP contribution is -2.20. The lowest BCUT2D eigenvalue weighted by Gasteiger charge is -2.15. The number of anilines is 3. The topological polar surface area (TPSA) is 116 Å². The minimum atomic E-state index is -0.506. The molecule has 1 aromatic carbocycles. The summed E-state index contributed by atoms with van der Waals surface area (Å²) >= 11 is 1.16. The van der Waals surface area contributed by atoms with E-state index in [1.54, 1.807) is 18.2 Å². The highest BCUT2D eigenvalue weighted by molar-refractivity contribution is 7.19. The number of nitrogen functional groups attached to an aromatic ring is 1. The van der Waals surface area contributed by atoms with Crippen molar-refractivity contribution in [3.05, 3.63) is 30.0 Å². The molecule has 4 N–H and O–H groups in total. The Morgan fingerprint density at radius 1 is 1.44 bits per heavy atom. The Morgan fingerprint density at radius 3 is 2.92 bits per heavy atom. The SMILES string of the molecule is CC(=O)Oc1cc(NC2CCOC2)ccc1C(=O)Nc1ncc(N)s1. The van der Waals surface area contributed by atoms with Crippen LogP contribution in [0.15, 0.2) is 24.4 Å². The Balaban J connectivity index is 1.80. The molecule has 132 valence electrons. The molecule has 0 radical (unpaired) electrons. The summed E-state index contributed by atoms with van der Waals surface area (Å²) in [4.78, 5) is 27.8. The summed E-state index contributed by atoms with van der Waals surface area (Å²) in [5, 5.41) is 6.81. The van der Waals surface area contributed by atoms with E-state index in [2.05, 4.69) is 15.6 Å². The Bertz CT molecular complexity index is 786. The zero-order chi connectivity index (χ0) is 17.8. The standard InChI is InChI=1S/C16H18N4O4S/c1-9(21)24-13-6-10(19-11-4-5-23-8-11)2-3-12(13)15(22)20-16-18-7-14(17)25-16/h2-3,6-7,11,19H,4-5,8,17H2,1H3,(H,18,20,22). The van der Waals surface area contributed by atoms with Crippen LogP contribution in [0.4, 0.5) is 15.8 Å². The van der Waals surface area contributed by atoms with E-state index in [4.69, 9.17) is 15.2 Å². The maximum absolute atomic E-state index is 12.5. The Labute approximate surface area is 148 Å². The molecule has 0 spiro atoms. The van der Waals surface area contributed by atoms with Crippen molar-refractivity contribution in [3.8, 4) is 5.75 Å². The van der Waals surface area contributed by atoms with E-state index in [9.17, 15) is 9.59 Å². The number of hydrogen-bond acceptors (Lipinski definition) is 8. The van der Waals surface area contributed by atoms with Gasteiger partial charge >= 0.3 is 5.97 Å². The van der Waals surface area contributed by atoms with E-state index in [1.165, 1.54) is 13.1 Å². The predicted octanol–water partition coefficient (Wildman–Crippen LogP) is 2.10. The third kappa shape index (κ3) is 4.46. The molecule has 0 aliphatic carbocycles. The smallest absolute Gasteiger partial charge is 0.308 e. The Morgan fingerprint density at radius 2 is 2.28 bits per heavy atom. The summed E-state index contributed by atoms with van der Waals surface area (Å²) in [6.45, 7) is 2.62. The highest BCUT2D eigenvalue weighted by Gasteiger charge is 2.19. The third-order valence-electron chi connectivity index (χ3n) is 3.52. The van der Waals surface area contributed by atoms with Gasteiger partial charge < -0.3 is 20.5 Å². The fourth-order valence-electron chi connectivity index (χ4n) is 2.43. The van der Waals surface area contributed by atoms with Gasteiger partial charge in [-0.25, -0.2) is 4.98 Å². The van der Waals surface area contributed by atoms with E-state index in [1.807, 2.05) is 0 Å². The largest absolute Gasteiger partial charge is 0.426 e. The Hall–Kier alpha value is -2.65. The number of ether oxygens (including phenoxy) is 2. The van der Waals surface area contributed by atoms with Gasteiger partial charge in [-0.15, -0.1) is 0 Å². The van der Waals surface area contributed by atoms with Gasteiger partial charge in [-0.1, -0.05) is 11.3 Å². The third-order valence-corrected chi connectivity index (χ3v) is 4.27. The van der Waals surface area contributed by atoms with Gasteiger partial charge in [0.25, 0.3) is 5.91 Å². The summed E-state index contributed by atoms with van der Waals surface area (Å²) in [5.74, 6) is -0.756. The zero-order valence-corrected chi connectivity index (χ0v) is 14.4. The number of nitrogens with zero attached hydrogens (tertiary/aromatic N) is 1. The number of nitrogens with two attached hydrogens (primary N) is 1. The monoisotopic (exact) mass is 362 g/mol. The number of esters is 1. The summed E-state index contributed by atoms with van der Waals surface area (Å²) in [6.07, 6.45) is 2.36. The first-order valence-electron chi connectivity index (χ1n) is 7.70. The van der Waals surface area contributed by atoms with Gasteiger partial charge in [0.05, 0.1) is 24.4 Å². The molecule has 1 unspecified atom stereocenters. The van der Waals surface area contributed by atoms with Gasteiger partial charge in [0.15, 0.2) is 5.13 Å². The van der Waals surface area contributed by atoms with Crippen molar-refractivity contribution in [3.63, 3.8) is 0 Å². The van der Waals surface area contributed by atoms with E-state index in [0.717, 1.165) is 23.4 Å². The van der Waals surface area contributed by atoms with Crippen LogP contribution in [0.1, 0.15) is 23.7 Å². The molecule has 1 aromatic heterocycles. The van der Waals surface area contributed by atoms with E-state index in [-0.39, 0.29) is 17.4 Å². The molecular weight excluding hydrogens is 344 g/mol. The van der Waals surface area contributed by atoms with Crippen molar-refractivity contribution < 1.29 is 19.1 Å². The molecular formula is C16H18N4O4S. The van der Waals surface area contributed by atoms with Crippen molar-refractivity contribution in [2.24, 2.45) is 0 Å². The molecule has 0 bridgehead atoms. The van der Waals surface area contributed by atoms with Gasteiger partial charge in [0.2, 0.25) is 0 Å². The maximum Gasteiger partial charge on any atom is 0.308 e. The van der Waals surface area contributed by atoms with Crippen LogP contribution in [-0.4, -0.2) is 36.1 Å². The van der Waals surface area contributed by atoms with Crippen molar-refractivity contribution >= 4 is 39.0 Å². The molecule has 8 nitrogen and oxygen atoms in total. The van der Waals surface area contributed by atoms with Gasteiger partial charge in [0, 0.05) is 25.3 Å². The molecule has 25 heavy (non-hydrogen) atoms. The molecule has 1 fully saturated rings. The Kier molecular flexibility index (Phi) is 5.15. The summed E-state index contributed by atoms with van der Waals surface area (Å²) in [6, 6.07) is 5.19. The number of aromatic nitrogens is 1. The van der Waals surface area contributed by atoms with Gasteiger partial charge in [-0.2, -0.15) is 0 Å². The molecule has 1 aliphatic heterocycles. The minimum absolute atomic E-state index is 0.179. The normalized spacial score (nSPS) is 16.4. The minimum Gasteiger partial charge on any atom is -0.426 e. The highest BCUT2D eigenvalue weighted by Crippen LogP contribution is 2.27. The summed E-state index contributed by atoms with van der Waals surface area (Å²) < 4.78 is 10.5. The number of benzene rings is 1. The second kappa shape index (κ2) is 7.49. The maximum atomic E-state index is 12.5. The van der Waals surface area contributed by atoms with Crippen LogP contribution >= 0.6 is 11.3 Å². The number of thiazole rings is 1. The van der Waals surface area contributed by atoms with E-state index in [0.29, 0.717) is 23.3 Å². The fourth-order valence-corrected chi connectivity index (χ4v) is 3.01. The first-order valence-corrected chi connectivity index (χ1v) is 8.52. The first-order chi connectivity index (χ1) is 12.0.